The summed E-state index contributed by atoms with van der Waals surface area (Å²) in [6.45, 7) is 2.33. The van der Waals surface area contributed by atoms with Crippen LogP contribution in [0.1, 0.15) is 30.1 Å². The van der Waals surface area contributed by atoms with E-state index in [-0.39, 0.29) is 6.04 Å². The lowest BCUT2D eigenvalue weighted by atomic mass is 10.0. The predicted molar refractivity (Wildman–Crippen MR) is 118 cm³/mol. The van der Waals surface area contributed by atoms with Gasteiger partial charge >= 0.3 is 10.2 Å². The maximum atomic E-state index is 12.7. The summed E-state index contributed by atoms with van der Waals surface area (Å²) in [7, 11) is -0.396. The summed E-state index contributed by atoms with van der Waals surface area (Å²) in [4.78, 5) is 2.18. The molecular formula is C22H29N3O5S. The number of anilines is 1. The molecule has 31 heavy (non-hydrogen) atoms. The van der Waals surface area contributed by atoms with Crippen LogP contribution in [-0.4, -0.2) is 62.6 Å². The van der Waals surface area contributed by atoms with E-state index in [2.05, 4.69) is 9.62 Å². The van der Waals surface area contributed by atoms with E-state index in [9.17, 15) is 13.5 Å². The summed E-state index contributed by atoms with van der Waals surface area (Å²) >= 11 is 0. The normalized spacial score (nSPS) is 20.5. The van der Waals surface area contributed by atoms with Gasteiger partial charge in [0.1, 0.15) is 0 Å². The lowest BCUT2D eigenvalue weighted by Gasteiger charge is -2.40. The fourth-order valence-electron chi connectivity index (χ4n) is 4.33. The molecule has 4 rings (SSSR count). The van der Waals surface area contributed by atoms with Gasteiger partial charge in [-0.05, 0) is 55.3 Å². The molecule has 2 aromatic rings. The first-order valence-corrected chi connectivity index (χ1v) is 11.8. The van der Waals surface area contributed by atoms with Crippen molar-refractivity contribution in [1.29, 1.82) is 0 Å². The minimum Gasteiger partial charge on any atom is -0.493 e. The number of aliphatic hydroxyl groups is 1. The molecule has 2 aliphatic heterocycles. The van der Waals surface area contributed by atoms with Gasteiger partial charge < -0.3 is 19.5 Å². The third-order valence-corrected chi connectivity index (χ3v) is 7.60. The van der Waals surface area contributed by atoms with Crippen molar-refractivity contribution < 1.29 is 23.0 Å². The third-order valence-electron chi connectivity index (χ3n) is 6.08. The molecule has 8 nitrogen and oxygen atoms in total. The van der Waals surface area contributed by atoms with E-state index >= 15 is 0 Å². The van der Waals surface area contributed by atoms with Crippen LogP contribution in [0.15, 0.2) is 42.5 Å². The van der Waals surface area contributed by atoms with Gasteiger partial charge in [0, 0.05) is 19.1 Å². The van der Waals surface area contributed by atoms with Crippen molar-refractivity contribution in [3.8, 4) is 11.5 Å². The summed E-state index contributed by atoms with van der Waals surface area (Å²) in [6.07, 6.45) is 0.785. The molecule has 0 aliphatic carbocycles. The van der Waals surface area contributed by atoms with Crippen LogP contribution in [0.3, 0.4) is 0 Å². The second kappa shape index (κ2) is 9.04. The molecule has 0 spiro atoms. The van der Waals surface area contributed by atoms with Gasteiger partial charge in [0.25, 0.3) is 0 Å². The van der Waals surface area contributed by atoms with Crippen LogP contribution in [0, 0.1) is 0 Å². The van der Waals surface area contributed by atoms with Gasteiger partial charge in [0.2, 0.25) is 0 Å². The molecule has 0 amide bonds. The minimum atomic E-state index is -3.54. The summed E-state index contributed by atoms with van der Waals surface area (Å²) < 4.78 is 40.3. The second-order valence-electron chi connectivity index (χ2n) is 7.97. The maximum Gasteiger partial charge on any atom is 0.302 e. The molecule has 1 fully saturated rings. The zero-order valence-corrected chi connectivity index (χ0v) is 18.6. The SMILES string of the molecule is COc1ccc(C(O)CN2CCC(N3Cc4ccccc4NS3(=O)=O)CC2)cc1OC. The van der Waals surface area contributed by atoms with E-state index in [1.807, 2.05) is 24.3 Å². The number of nitrogens with one attached hydrogen (secondary N) is 1. The van der Waals surface area contributed by atoms with E-state index in [4.69, 9.17) is 9.47 Å². The Morgan fingerprint density at radius 1 is 1.10 bits per heavy atom. The van der Waals surface area contributed by atoms with Crippen molar-refractivity contribution in [3.05, 3.63) is 53.6 Å². The van der Waals surface area contributed by atoms with Gasteiger partial charge in [-0.1, -0.05) is 24.3 Å². The van der Waals surface area contributed by atoms with Crippen LogP contribution < -0.4 is 14.2 Å². The van der Waals surface area contributed by atoms with Crippen LogP contribution in [0.2, 0.25) is 0 Å². The molecule has 2 N–H and O–H groups in total. The first-order valence-electron chi connectivity index (χ1n) is 10.4. The van der Waals surface area contributed by atoms with Gasteiger partial charge in [-0.15, -0.1) is 0 Å². The fourth-order valence-corrected chi connectivity index (χ4v) is 5.84. The van der Waals surface area contributed by atoms with E-state index in [0.717, 1.165) is 37.1 Å². The molecule has 0 bridgehead atoms. The Labute approximate surface area is 183 Å². The smallest absolute Gasteiger partial charge is 0.302 e. The van der Waals surface area contributed by atoms with Crippen molar-refractivity contribution in [2.75, 3.05) is 38.6 Å². The highest BCUT2D eigenvalue weighted by Crippen LogP contribution is 2.32. The lowest BCUT2D eigenvalue weighted by Crippen LogP contribution is -2.50. The topological polar surface area (TPSA) is 91.3 Å². The van der Waals surface area contributed by atoms with Crippen molar-refractivity contribution in [2.45, 2.75) is 31.5 Å². The number of nitrogens with zero attached hydrogens (tertiary/aromatic N) is 2. The van der Waals surface area contributed by atoms with Crippen molar-refractivity contribution in [1.82, 2.24) is 9.21 Å². The summed E-state index contributed by atoms with van der Waals surface area (Å²) in [5, 5.41) is 10.7. The van der Waals surface area contributed by atoms with Gasteiger partial charge in [-0.2, -0.15) is 12.7 Å². The Morgan fingerprint density at radius 2 is 1.81 bits per heavy atom. The first-order chi connectivity index (χ1) is 14.9. The van der Waals surface area contributed by atoms with Crippen LogP contribution in [-0.2, 0) is 16.8 Å². The van der Waals surface area contributed by atoms with E-state index < -0.39 is 16.3 Å². The number of rotatable bonds is 6. The highest BCUT2D eigenvalue weighted by atomic mass is 32.2. The largest absolute Gasteiger partial charge is 0.493 e. The van der Waals surface area contributed by atoms with Crippen molar-refractivity contribution >= 4 is 15.9 Å². The number of hydrogen-bond acceptors (Lipinski definition) is 6. The third kappa shape index (κ3) is 4.64. The van der Waals surface area contributed by atoms with E-state index in [1.165, 1.54) is 0 Å². The number of likely N-dealkylation sites (tertiary alicyclic amines) is 1. The summed E-state index contributed by atoms with van der Waals surface area (Å²) in [5.74, 6) is 1.21. The Bertz CT molecular complexity index is 1020. The number of ether oxygens (including phenoxy) is 2. The molecule has 1 unspecified atom stereocenters. The van der Waals surface area contributed by atoms with Crippen LogP contribution in [0.25, 0.3) is 0 Å². The Hall–Kier alpha value is -2.33. The molecule has 0 aromatic heterocycles. The van der Waals surface area contributed by atoms with E-state index in [1.54, 1.807) is 36.7 Å². The van der Waals surface area contributed by atoms with Gasteiger partial charge in [-0.3, -0.25) is 4.72 Å². The van der Waals surface area contributed by atoms with Gasteiger partial charge in [0.05, 0.1) is 26.0 Å². The number of benzene rings is 2. The highest BCUT2D eigenvalue weighted by molar-refractivity contribution is 7.90. The molecule has 168 valence electrons. The monoisotopic (exact) mass is 447 g/mol. The Morgan fingerprint density at radius 3 is 2.52 bits per heavy atom. The molecule has 1 saturated heterocycles. The average Bonchev–Trinajstić information content (AvgIpc) is 2.78. The van der Waals surface area contributed by atoms with Crippen LogP contribution in [0.4, 0.5) is 5.69 Å². The quantitative estimate of drug-likeness (QED) is 0.707. The molecule has 0 saturated carbocycles. The maximum absolute atomic E-state index is 12.7. The van der Waals surface area contributed by atoms with Crippen LogP contribution >= 0.6 is 0 Å². The standard InChI is InChI=1S/C22H29N3O5S/c1-29-21-8-7-16(13-22(21)30-2)20(26)15-24-11-9-18(10-12-24)25-14-17-5-3-4-6-19(17)23-31(25,27)28/h3-8,13,18,20,23,26H,9-12,14-15H2,1-2H3. The molecule has 2 aliphatic rings. The molecule has 0 radical (unpaired) electrons. The lowest BCUT2D eigenvalue weighted by molar-refractivity contribution is 0.0833. The number of aliphatic hydroxyl groups excluding tert-OH is 1. The zero-order valence-electron chi connectivity index (χ0n) is 17.8. The number of para-hydroxylation sites is 1. The van der Waals surface area contributed by atoms with Gasteiger partial charge in [0.15, 0.2) is 11.5 Å². The molecule has 1 atom stereocenters. The second-order valence-corrected chi connectivity index (χ2v) is 9.59. The highest BCUT2D eigenvalue weighted by Gasteiger charge is 2.36. The summed E-state index contributed by atoms with van der Waals surface area (Å²) in [5.41, 5.74) is 2.41. The van der Waals surface area contributed by atoms with Crippen LogP contribution in [0.5, 0.6) is 11.5 Å². The average molecular weight is 448 g/mol. The molecular weight excluding hydrogens is 418 g/mol. The fraction of sp³-hybridized carbons (Fsp3) is 0.455. The van der Waals surface area contributed by atoms with Crippen molar-refractivity contribution in [2.24, 2.45) is 0 Å². The molecule has 9 heteroatoms. The molecule has 2 aromatic carbocycles. The number of piperidine rings is 1. The number of hydrogen-bond donors (Lipinski definition) is 2. The minimum absolute atomic E-state index is 0.0553. The number of fused-ring (bicyclic) bond motifs is 1. The molecule has 2 heterocycles. The van der Waals surface area contributed by atoms with Crippen molar-refractivity contribution in [3.63, 3.8) is 0 Å². The predicted octanol–water partition coefficient (Wildman–Crippen LogP) is 2.37. The Kier molecular flexibility index (Phi) is 6.38. The van der Waals surface area contributed by atoms with E-state index in [0.29, 0.717) is 30.3 Å². The number of β-amino-alcohol motifs (C(OH)–C–C–N with tert-alkyl or cyclic N) is 1. The first kappa shape index (κ1) is 21.9. The zero-order chi connectivity index (χ0) is 22.0. The van der Waals surface area contributed by atoms with Gasteiger partial charge in [-0.25, -0.2) is 0 Å². The summed E-state index contributed by atoms with van der Waals surface area (Å²) in [6, 6.07) is 12.9. The number of methoxy groups -OCH3 is 2. The Balaban J connectivity index is 1.37.